The maximum Gasteiger partial charge on any atom is 0.270 e. The minimum absolute atomic E-state index is 0.196. The second kappa shape index (κ2) is 8.14. The number of carbonyl (C=O) groups excluding carboxylic acids is 1. The van der Waals surface area contributed by atoms with Crippen LogP contribution in [0.4, 0.5) is 11.5 Å². The summed E-state index contributed by atoms with van der Waals surface area (Å²) in [5.74, 6) is 1.05. The standard InChI is InChI=1S/C23H23N5O/c1-16-26-21(14-22(27-16)28(2)18-8-4-3-5-9-18)23(29)24-13-12-17-15-25-20-11-7-6-10-19(17)20/h3-11,14-15,25H,12-13H2,1-2H3,(H,24,29). The summed E-state index contributed by atoms with van der Waals surface area (Å²) in [6.45, 7) is 2.33. The van der Waals surface area contributed by atoms with Crippen LogP contribution in [0.5, 0.6) is 0 Å². The molecule has 146 valence electrons. The Hall–Kier alpha value is -3.67. The van der Waals surface area contributed by atoms with E-state index in [9.17, 15) is 4.79 Å². The molecular weight excluding hydrogens is 362 g/mol. The summed E-state index contributed by atoms with van der Waals surface area (Å²) in [5, 5.41) is 4.16. The summed E-state index contributed by atoms with van der Waals surface area (Å²) in [6, 6.07) is 19.8. The number of carbonyl (C=O) groups is 1. The van der Waals surface area contributed by atoms with Crippen molar-refractivity contribution in [3.8, 4) is 0 Å². The summed E-state index contributed by atoms with van der Waals surface area (Å²) in [7, 11) is 1.93. The van der Waals surface area contributed by atoms with E-state index >= 15 is 0 Å². The number of hydrogen-bond donors (Lipinski definition) is 2. The number of H-pyrrole nitrogens is 1. The van der Waals surface area contributed by atoms with Gasteiger partial charge in [-0.1, -0.05) is 36.4 Å². The molecule has 0 aliphatic carbocycles. The van der Waals surface area contributed by atoms with Gasteiger partial charge < -0.3 is 15.2 Å². The molecule has 0 aliphatic rings. The molecule has 6 nitrogen and oxygen atoms in total. The smallest absolute Gasteiger partial charge is 0.270 e. The summed E-state index contributed by atoms with van der Waals surface area (Å²) in [5.41, 5.74) is 3.66. The second-order valence-electron chi connectivity index (χ2n) is 6.92. The number of hydrogen-bond acceptors (Lipinski definition) is 4. The van der Waals surface area contributed by atoms with Crippen LogP contribution in [-0.2, 0) is 6.42 Å². The van der Waals surface area contributed by atoms with Crippen LogP contribution in [0.3, 0.4) is 0 Å². The normalized spacial score (nSPS) is 10.8. The van der Waals surface area contributed by atoms with Crippen molar-refractivity contribution in [2.45, 2.75) is 13.3 Å². The first-order valence-electron chi connectivity index (χ1n) is 9.59. The fraction of sp³-hybridized carbons (Fsp3) is 0.174. The number of aromatic nitrogens is 3. The van der Waals surface area contributed by atoms with E-state index in [2.05, 4.69) is 26.3 Å². The van der Waals surface area contributed by atoms with Gasteiger partial charge in [-0.05, 0) is 37.1 Å². The van der Waals surface area contributed by atoms with E-state index in [-0.39, 0.29) is 5.91 Å². The summed E-state index contributed by atoms with van der Waals surface area (Å²) >= 11 is 0. The van der Waals surface area contributed by atoms with Crippen LogP contribution in [0.15, 0.2) is 66.9 Å². The lowest BCUT2D eigenvalue weighted by atomic mass is 10.1. The third kappa shape index (κ3) is 4.11. The van der Waals surface area contributed by atoms with Crippen molar-refractivity contribution in [2.75, 3.05) is 18.5 Å². The zero-order valence-electron chi connectivity index (χ0n) is 16.5. The highest BCUT2D eigenvalue weighted by molar-refractivity contribution is 5.93. The van der Waals surface area contributed by atoms with Gasteiger partial charge in [0.15, 0.2) is 0 Å². The Morgan fingerprint density at radius 1 is 1.07 bits per heavy atom. The van der Waals surface area contributed by atoms with Crippen molar-refractivity contribution in [3.63, 3.8) is 0 Å². The van der Waals surface area contributed by atoms with Gasteiger partial charge in [-0.2, -0.15) is 0 Å². The van der Waals surface area contributed by atoms with Crippen molar-refractivity contribution in [2.24, 2.45) is 0 Å². The second-order valence-corrected chi connectivity index (χ2v) is 6.92. The van der Waals surface area contributed by atoms with E-state index in [0.29, 0.717) is 23.9 Å². The molecule has 0 unspecified atom stereocenters. The predicted molar refractivity (Wildman–Crippen MR) is 116 cm³/mol. The molecule has 2 aromatic carbocycles. The van der Waals surface area contributed by atoms with Gasteiger partial charge in [0.05, 0.1) is 0 Å². The van der Waals surface area contributed by atoms with Crippen LogP contribution < -0.4 is 10.2 Å². The molecule has 4 rings (SSSR count). The van der Waals surface area contributed by atoms with E-state index in [0.717, 1.165) is 17.6 Å². The van der Waals surface area contributed by atoms with Gasteiger partial charge in [0.2, 0.25) is 0 Å². The fourth-order valence-electron chi connectivity index (χ4n) is 3.36. The van der Waals surface area contributed by atoms with Crippen LogP contribution in [0.1, 0.15) is 21.9 Å². The number of aryl methyl sites for hydroxylation is 1. The molecule has 29 heavy (non-hydrogen) atoms. The molecule has 0 atom stereocenters. The molecule has 2 heterocycles. The van der Waals surface area contributed by atoms with Crippen LogP contribution in [0, 0.1) is 6.92 Å². The van der Waals surface area contributed by atoms with Gasteiger partial charge in [-0.3, -0.25) is 4.79 Å². The third-order valence-electron chi connectivity index (χ3n) is 4.90. The predicted octanol–water partition coefficient (Wildman–Crippen LogP) is 4.01. The number of nitrogens with zero attached hydrogens (tertiary/aromatic N) is 3. The maximum absolute atomic E-state index is 12.7. The highest BCUT2D eigenvalue weighted by Gasteiger charge is 2.13. The van der Waals surface area contributed by atoms with E-state index in [1.807, 2.05) is 66.7 Å². The lowest BCUT2D eigenvalue weighted by molar-refractivity contribution is 0.0949. The minimum Gasteiger partial charge on any atom is -0.361 e. The van der Waals surface area contributed by atoms with E-state index < -0.39 is 0 Å². The number of amides is 1. The number of nitrogens with one attached hydrogen (secondary N) is 2. The minimum atomic E-state index is -0.196. The highest BCUT2D eigenvalue weighted by atomic mass is 16.1. The first kappa shape index (κ1) is 18.7. The maximum atomic E-state index is 12.7. The van der Waals surface area contributed by atoms with E-state index in [1.165, 1.54) is 10.9 Å². The van der Waals surface area contributed by atoms with Gasteiger partial charge in [-0.25, -0.2) is 9.97 Å². The number of rotatable bonds is 6. The Labute approximate surface area is 169 Å². The Kier molecular flexibility index (Phi) is 5.24. The van der Waals surface area contributed by atoms with Gasteiger partial charge in [0.25, 0.3) is 5.91 Å². The molecule has 0 saturated heterocycles. The number of benzene rings is 2. The van der Waals surface area contributed by atoms with Crippen LogP contribution >= 0.6 is 0 Å². The van der Waals surface area contributed by atoms with Crippen molar-refractivity contribution in [3.05, 3.63) is 83.9 Å². The lowest BCUT2D eigenvalue weighted by Crippen LogP contribution is -2.27. The first-order valence-corrected chi connectivity index (χ1v) is 9.59. The Morgan fingerprint density at radius 2 is 1.83 bits per heavy atom. The molecule has 4 aromatic rings. The molecule has 2 N–H and O–H groups in total. The lowest BCUT2D eigenvalue weighted by Gasteiger charge is -2.19. The highest BCUT2D eigenvalue weighted by Crippen LogP contribution is 2.22. The first-order chi connectivity index (χ1) is 14.1. The number of anilines is 2. The van der Waals surface area contributed by atoms with Crippen molar-refractivity contribution in [1.82, 2.24) is 20.3 Å². The summed E-state index contributed by atoms with van der Waals surface area (Å²) in [4.78, 5) is 26.7. The topological polar surface area (TPSA) is 73.9 Å². The van der Waals surface area contributed by atoms with E-state index in [1.54, 1.807) is 13.0 Å². The molecule has 1 amide bonds. The molecule has 0 radical (unpaired) electrons. The number of aromatic amines is 1. The molecule has 0 spiro atoms. The van der Waals surface area contributed by atoms with E-state index in [4.69, 9.17) is 0 Å². The van der Waals surface area contributed by atoms with Crippen LogP contribution in [0.25, 0.3) is 10.9 Å². The fourth-order valence-corrected chi connectivity index (χ4v) is 3.36. The third-order valence-corrected chi connectivity index (χ3v) is 4.90. The number of fused-ring (bicyclic) bond motifs is 1. The molecule has 0 fully saturated rings. The Bertz CT molecular complexity index is 1140. The van der Waals surface area contributed by atoms with Gasteiger partial charge in [0, 0.05) is 42.4 Å². The Balaban J connectivity index is 1.45. The van der Waals surface area contributed by atoms with Crippen molar-refractivity contribution >= 4 is 28.3 Å². The molecule has 0 aliphatic heterocycles. The number of para-hydroxylation sites is 2. The zero-order chi connectivity index (χ0) is 20.2. The molecule has 6 heteroatoms. The van der Waals surface area contributed by atoms with Crippen molar-refractivity contribution in [1.29, 1.82) is 0 Å². The summed E-state index contributed by atoms with van der Waals surface area (Å²) < 4.78 is 0. The van der Waals surface area contributed by atoms with Gasteiger partial charge >= 0.3 is 0 Å². The SMILES string of the molecule is Cc1nc(C(=O)NCCc2c[nH]c3ccccc23)cc(N(C)c2ccccc2)n1. The molecular formula is C23H23N5O. The average molecular weight is 385 g/mol. The summed E-state index contributed by atoms with van der Waals surface area (Å²) in [6.07, 6.45) is 2.75. The van der Waals surface area contributed by atoms with Crippen LogP contribution in [-0.4, -0.2) is 34.5 Å². The van der Waals surface area contributed by atoms with Gasteiger partial charge in [-0.15, -0.1) is 0 Å². The van der Waals surface area contributed by atoms with Gasteiger partial charge in [0.1, 0.15) is 17.3 Å². The monoisotopic (exact) mass is 385 g/mol. The quantitative estimate of drug-likeness (QED) is 0.526. The van der Waals surface area contributed by atoms with Crippen LogP contribution in [0.2, 0.25) is 0 Å². The largest absolute Gasteiger partial charge is 0.361 e. The molecule has 0 bridgehead atoms. The van der Waals surface area contributed by atoms with Crippen molar-refractivity contribution < 1.29 is 4.79 Å². The Morgan fingerprint density at radius 3 is 2.66 bits per heavy atom. The average Bonchev–Trinajstić information content (AvgIpc) is 3.16. The zero-order valence-corrected chi connectivity index (χ0v) is 16.5. The molecule has 2 aromatic heterocycles. The molecule has 0 saturated carbocycles.